The highest BCUT2D eigenvalue weighted by Crippen LogP contribution is 2.25. The molecule has 84 valence electrons. The van der Waals surface area contributed by atoms with E-state index >= 15 is 0 Å². The molecule has 6 nitrogen and oxygen atoms in total. The summed E-state index contributed by atoms with van der Waals surface area (Å²) in [5.41, 5.74) is 11.9. The molecule has 2 aromatic rings. The number of nitriles is 1. The number of hydrogen-bond acceptors (Lipinski definition) is 4. The third kappa shape index (κ3) is 1.70. The Morgan fingerprint density at radius 2 is 2.00 bits per heavy atom. The normalized spacial score (nSPS) is 9.82. The van der Waals surface area contributed by atoms with Crippen LogP contribution >= 0.6 is 0 Å². The Morgan fingerprint density at radius 1 is 1.35 bits per heavy atom. The van der Waals surface area contributed by atoms with Gasteiger partial charge >= 0.3 is 6.03 Å². The fraction of sp³-hybridized carbons (Fsp3) is 0. The van der Waals surface area contributed by atoms with E-state index in [-0.39, 0.29) is 11.4 Å². The molecule has 1 aromatic carbocycles. The van der Waals surface area contributed by atoms with Crippen molar-refractivity contribution in [2.45, 2.75) is 0 Å². The van der Waals surface area contributed by atoms with E-state index in [4.69, 9.17) is 16.7 Å². The van der Waals surface area contributed by atoms with E-state index in [1.807, 2.05) is 12.1 Å². The molecule has 0 saturated carbocycles. The molecule has 2 rings (SSSR count). The molecule has 1 amide bonds. The number of carbonyl (C=O) groups excluding carboxylic acids is 1. The second-order valence-corrected chi connectivity index (χ2v) is 3.34. The van der Waals surface area contributed by atoms with Crippen molar-refractivity contribution in [2.75, 3.05) is 5.73 Å². The zero-order valence-corrected chi connectivity index (χ0v) is 8.79. The van der Waals surface area contributed by atoms with E-state index in [0.29, 0.717) is 11.3 Å². The van der Waals surface area contributed by atoms with Gasteiger partial charge in [-0.2, -0.15) is 15.0 Å². The minimum Gasteiger partial charge on any atom is -0.382 e. The van der Waals surface area contributed by atoms with Gasteiger partial charge in [0.1, 0.15) is 17.3 Å². The Hall–Kier alpha value is -2.81. The molecule has 0 aliphatic rings. The summed E-state index contributed by atoms with van der Waals surface area (Å²) in [5, 5.41) is 13.0. The third-order valence-electron chi connectivity index (χ3n) is 2.29. The first-order valence-electron chi connectivity index (χ1n) is 4.79. The van der Waals surface area contributed by atoms with Crippen LogP contribution in [0.2, 0.25) is 0 Å². The van der Waals surface area contributed by atoms with Crippen LogP contribution in [0.15, 0.2) is 30.3 Å². The zero-order chi connectivity index (χ0) is 12.4. The number of carbonyl (C=O) groups is 1. The Labute approximate surface area is 97.1 Å². The van der Waals surface area contributed by atoms with Crippen LogP contribution in [-0.4, -0.2) is 15.8 Å². The van der Waals surface area contributed by atoms with Crippen LogP contribution in [0.4, 0.5) is 10.6 Å². The van der Waals surface area contributed by atoms with Gasteiger partial charge in [0, 0.05) is 5.56 Å². The zero-order valence-electron chi connectivity index (χ0n) is 8.79. The van der Waals surface area contributed by atoms with Gasteiger partial charge in [-0.1, -0.05) is 30.3 Å². The summed E-state index contributed by atoms with van der Waals surface area (Å²) in [6.07, 6.45) is 0. The van der Waals surface area contributed by atoms with Gasteiger partial charge in [0.2, 0.25) is 0 Å². The van der Waals surface area contributed by atoms with Gasteiger partial charge in [-0.25, -0.2) is 4.79 Å². The van der Waals surface area contributed by atoms with E-state index in [0.717, 1.165) is 4.68 Å². The molecule has 0 aliphatic carbocycles. The first kappa shape index (κ1) is 10.7. The maximum atomic E-state index is 11.1. The number of aromatic nitrogens is 2. The molecule has 0 bridgehead atoms. The van der Waals surface area contributed by atoms with Gasteiger partial charge in [-0.15, -0.1) is 0 Å². The first-order valence-corrected chi connectivity index (χ1v) is 4.79. The standard InChI is InChI=1S/C11H9N5O/c12-6-8-9(7-4-2-1-3-5-7)15-16(10(8)13)11(14)17/h1-5H,13H2,(H2,14,17). The van der Waals surface area contributed by atoms with Crippen molar-refractivity contribution in [3.63, 3.8) is 0 Å². The molecule has 1 aromatic heterocycles. The minimum atomic E-state index is -0.818. The number of primary amides is 1. The monoisotopic (exact) mass is 227 g/mol. The van der Waals surface area contributed by atoms with E-state index in [9.17, 15) is 4.79 Å². The van der Waals surface area contributed by atoms with Gasteiger partial charge in [-0.3, -0.25) is 0 Å². The highest BCUT2D eigenvalue weighted by atomic mass is 16.2. The van der Waals surface area contributed by atoms with Crippen LogP contribution in [0.25, 0.3) is 11.3 Å². The average Bonchev–Trinajstić information content (AvgIpc) is 2.67. The smallest absolute Gasteiger partial charge is 0.341 e. The Bertz CT molecular complexity index is 609. The van der Waals surface area contributed by atoms with E-state index in [2.05, 4.69) is 5.10 Å². The molecule has 0 atom stereocenters. The number of nitrogen functional groups attached to an aromatic ring is 1. The Balaban J connectivity index is 2.68. The highest BCUT2D eigenvalue weighted by Gasteiger charge is 2.18. The lowest BCUT2D eigenvalue weighted by molar-refractivity contribution is 0.248. The number of nitrogens with zero attached hydrogens (tertiary/aromatic N) is 3. The molecule has 4 N–H and O–H groups in total. The van der Waals surface area contributed by atoms with Gasteiger partial charge in [-0.05, 0) is 0 Å². The summed E-state index contributed by atoms with van der Waals surface area (Å²) in [6.45, 7) is 0. The van der Waals surface area contributed by atoms with Crippen molar-refractivity contribution in [3.05, 3.63) is 35.9 Å². The van der Waals surface area contributed by atoms with Crippen molar-refractivity contribution in [3.8, 4) is 17.3 Å². The Morgan fingerprint density at radius 3 is 2.53 bits per heavy atom. The molecule has 6 heteroatoms. The number of rotatable bonds is 1. The van der Waals surface area contributed by atoms with Crippen LogP contribution in [0.1, 0.15) is 5.56 Å². The summed E-state index contributed by atoms with van der Waals surface area (Å²) >= 11 is 0. The van der Waals surface area contributed by atoms with Crippen molar-refractivity contribution in [2.24, 2.45) is 5.73 Å². The molecule has 0 radical (unpaired) electrons. The molecular formula is C11H9N5O. The lowest BCUT2D eigenvalue weighted by atomic mass is 10.1. The largest absolute Gasteiger partial charge is 0.382 e. The van der Waals surface area contributed by atoms with E-state index in [1.54, 1.807) is 24.3 Å². The van der Waals surface area contributed by atoms with Crippen LogP contribution in [0.5, 0.6) is 0 Å². The average molecular weight is 227 g/mol. The molecule has 0 spiro atoms. The van der Waals surface area contributed by atoms with Gasteiger partial charge in [0.15, 0.2) is 5.82 Å². The van der Waals surface area contributed by atoms with Gasteiger partial charge in [0.25, 0.3) is 0 Å². The van der Waals surface area contributed by atoms with Crippen molar-refractivity contribution >= 4 is 11.8 Å². The number of hydrogen-bond donors (Lipinski definition) is 2. The number of amides is 1. The summed E-state index contributed by atoms with van der Waals surface area (Å²) < 4.78 is 0.820. The van der Waals surface area contributed by atoms with E-state index < -0.39 is 6.03 Å². The quantitative estimate of drug-likeness (QED) is 0.754. The SMILES string of the molecule is N#Cc1c(-c2ccccc2)nn(C(N)=O)c1N. The summed E-state index contributed by atoms with van der Waals surface area (Å²) in [4.78, 5) is 11.1. The number of anilines is 1. The predicted octanol–water partition coefficient (Wildman–Crippen LogP) is 0.931. The summed E-state index contributed by atoms with van der Waals surface area (Å²) in [7, 11) is 0. The fourth-order valence-corrected chi connectivity index (χ4v) is 1.51. The summed E-state index contributed by atoms with van der Waals surface area (Å²) in [5.74, 6) is -0.0427. The van der Waals surface area contributed by atoms with Crippen LogP contribution in [-0.2, 0) is 0 Å². The highest BCUT2D eigenvalue weighted by molar-refractivity contribution is 5.83. The maximum Gasteiger partial charge on any atom is 0.341 e. The maximum absolute atomic E-state index is 11.1. The van der Waals surface area contributed by atoms with Crippen molar-refractivity contribution in [1.82, 2.24) is 9.78 Å². The van der Waals surface area contributed by atoms with Crippen LogP contribution in [0, 0.1) is 11.3 Å². The Kier molecular flexibility index (Phi) is 2.51. The fourth-order valence-electron chi connectivity index (χ4n) is 1.51. The second-order valence-electron chi connectivity index (χ2n) is 3.34. The molecule has 0 fully saturated rings. The second kappa shape index (κ2) is 3.98. The molecule has 1 heterocycles. The van der Waals surface area contributed by atoms with Crippen LogP contribution in [0.3, 0.4) is 0 Å². The van der Waals surface area contributed by atoms with Gasteiger partial charge in [0.05, 0.1) is 0 Å². The van der Waals surface area contributed by atoms with Gasteiger partial charge < -0.3 is 11.5 Å². The molecule has 17 heavy (non-hydrogen) atoms. The topological polar surface area (TPSA) is 111 Å². The number of nitrogens with two attached hydrogens (primary N) is 2. The molecule has 0 aliphatic heterocycles. The predicted molar refractivity (Wildman–Crippen MR) is 61.8 cm³/mol. The first-order chi connectivity index (χ1) is 8.15. The van der Waals surface area contributed by atoms with Crippen molar-refractivity contribution < 1.29 is 4.79 Å². The number of benzene rings is 1. The van der Waals surface area contributed by atoms with Crippen molar-refractivity contribution in [1.29, 1.82) is 5.26 Å². The van der Waals surface area contributed by atoms with Crippen LogP contribution < -0.4 is 11.5 Å². The van der Waals surface area contributed by atoms with E-state index in [1.165, 1.54) is 0 Å². The third-order valence-corrected chi connectivity index (χ3v) is 2.29. The lowest BCUT2D eigenvalue weighted by Gasteiger charge is -1.95. The summed E-state index contributed by atoms with van der Waals surface area (Å²) in [6, 6.07) is 10.1. The molecular weight excluding hydrogens is 218 g/mol. The molecule has 0 saturated heterocycles. The lowest BCUT2D eigenvalue weighted by Crippen LogP contribution is -2.22. The minimum absolute atomic E-state index is 0.0427. The molecule has 0 unspecified atom stereocenters.